The van der Waals surface area contributed by atoms with Crippen LogP contribution in [0.15, 0.2) is 18.2 Å². The van der Waals surface area contributed by atoms with Gasteiger partial charge in [-0.05, 0) is 62.9 Å². The van der Waals surface area contributed by atoms with Gasteiger partial charge in [-0.3, -0.25) is 0 Å². The first-order valence-corrected chi connectivity index (χ1v) is 7.10. The van der Waals surface area contributed by atoms with Gasteiger partial charge in [0.15, 0.2) is 0 Å². The van der Waals surface area contributed by atoms with E-state index in [2.05, 4.69) is 51.2 Å². The van der Waals surface area contributed by atoms with Gasteiger partial charge in [0.25, 0.3) is 0 Å². The molecule has 1 N–H and O–H groups in total. The fourth-order valence-electron chi connectivity index (χ4n) is 2.28. The van der Waals surface area contributed by atoms with Crippen LogP contribution in [0.1, 0.15) is 44.2 Å². The zero-order valence-electron chi connectivity index (χ0n) is 12.3. The Morgan fingerprint density at radius 2 is 1.78 bits per heavy atom. The second-order valence-corrected chi connectivity index (χ2v) is 4.98. The van der Waals surface area contributed by atoms with Gasteiger partial charge < -0.3 is 10.1 Å². The smallest absolute Gasteiger partial charge is 0.119 e. The molecule has 102 valence electrons. The van der Waals surface area contributed by atoms with Crippen LogP contribution in [0, 0.1) is 13.8 Å². The van der Waals surface area contributed by atoms with Crippen molar-refractivity contribution in [3.8, 4) is 5.75 Å². The molecule has 18 heavy (non-hydrogen) atoms. The standard InChI is InChI=1S/C16H27NO/c1-5-15(17-6-2)8-7-9-18-16-11-13(3)10-14(4)12-16/h10-12,15,17H,5-9H2,1-4H3. The van der Waals surface area contributed by atoms with Crippen molar-refractivity contribution in [2.45, 2.75) is 53.0 Å². The Kier molecular flexibility index (Phi) is 6.81. The molecule has 1 aromatic rings. The van der Waals surface area contributed by atoms with Gasteiger partial charge in [0.1, 0.15) is 5.75 Å². The number of aryl methyl sites for hydroxylation is 2. The van der Waals surface area contributed by atoms with Crippen LogP contribution in [-0.4, -0.2) is 19.2 Å². The Morgan fingerprint density at radius 3 is 2.33 bits per heavy atom. The number of nitrogens with one attached hydrogen (secondary N) is 1. The summed E-state index contributed by atoms with van der Waals surface area (Å²) in [6.45, 7) is 10.5. The van der Waals surface area contributed by atoms with Gasteiger partial charge in [0.2, 0.25) is 0 Å². The molecule has 0 spiro atoms. The molecule has 0 aliphatic heterocycles. The fourth-order valence-corrected chi connectivity index (χ4v) is 2.28. The lowest BCUT2D eigenvalue weighted by atomic mass is 10.1. The van der Waals surface area contributed by atoms with Crippen LogP contribution in [0.4, 0.5) is 0 Å². The molecule has 0 bridgehead atoms. The summed E-state index contributed by atoms with van der Waals surface area (Å²) in [5.74, 6) is 1.00. The van der Waals surface area contributed by atoms with Crippen LogP contribution < -0.4 is 10.1 Å². The minimum absolute atomic E-state index is 0.637. The minimum atomic E-state index is 0.637. The number of ether oxygens (including phenoxy) is 1. The number of benzene rings is 1. The summed E-state index contributed by atoms with van der Waals surface area (Å²) in [5, 5.41) is 3.49. The summed E-state index contributed by atoms with van der Waals surface area (Å²) < 4.78 is 5.81. The van der Waals surface area contributed by atoms with E-state index in [0.29, 0.717) is 6.04 Å². The molecular formula is C16H27NO. The van der Waals surface area contributed by atoms with Gasteiger partial charge in [0, 0.05) is 6.04 Å². The Hall–Kier alpha value is -1.02. The predicted octanol–water partition coefficient (Wildman–Crippen LogP) is 3.85. The van der Waals surface area contributed by atoms with Crippen molar-refractivity contribution >= 4 is 0 Å². The Balaban J connectivity index is 2.28. The van der Waals surface area contributed by atoms with E-state index in [1.165, 1.54) is 24.0 Å². The number of hydrogen-bond acceptors (Lipinski definition) is 2. The van der Waals surface area contributed by atoms with Crippen molar-refractivity contribution < 1.29 is 4.74 Å². The first-order chi connectivity index (χ1) is 8.65. The summed E-state index contributed by atoms with van der Waals surface area (Å²) in [6, 6.07) is 7.02. The maximum atomic E-state index is 5.81. The first kappa shape index (κ1) is 15.0. The third-order valence-corrected chi connectivity index (χ3v) is 3.15. The van der Waals surface area contributed by atoms with E-state index in [0.717, 1.165) is 25.3 Å². The Labute approximate surface area is 112 Å². The normalized spacial score (nSPS) is 12.4. The van der Waals surface area contributed by atoms with Gasteiger partial charge in [-0.15, -0.1) is 0 Å². The molecule has 1 aromatic carbocycles. The van der Waals surface area contributed by atoms with Crippen LogP contribution in [0.25, 0.3) is 0 Å². The molecule has 1 atom stereocenters. The molecule has 1 rings (SSSR count). The second kappa shape index (κ2) is 8.15. The molecule has 0 amide bonds. The van der Waals surface area contributed by atoms with E-state index in [9.17, 15) is 0 Å². The number of hydrogen-bond donors (Lipinski definition) is 1. The van der Waals surface area contributed by atoms with Crippen molar-refractivity contribution in [2.75, 3.05) is 13.2 Å². The monoisotopic (exact) mass is 249 g/mol. The van der Waals surface area contributed by atoms with Gasteiger partial charge in [-0.1, -0.05) is 19.9 Å². The van der Waals surface area contributed by atoms with Crippen molar-refractivity contribution in [1.82, 2.24) is 5.32 Å². The highest BCUT2D eigenvalue weighted by Crippen LogP contribution is 2.16. The lowest BCUT2D eigenvalue weighted by molar-refractivity contribution is 0.294. The fraction of sp³-hybridized carbons (Fsp3) is 0.625. The molecule has 1 unspecified atom stereocenters. The van der Waals surface area contributed by atoms with E-state index in [4.69, 9.17) is 4.74 Å². The maximum Gasteiger partial charge on any atom is 0.119 e. The van der Waals surface area contributed by atoms with E-state index < -0.39 is 0 Å². The zero-order chi connectivity index (χ0) is 13.4. The SMILES string of the molecule is CCNC(CC)CCCOc1cc(C)cc(C)c1. The average Bonchev–Trinajstić information content (AvgIpc) is 2.32. The molecule has 0 aliphatic rings. The molecule has 0 aliphatic carbocycles. The minimum Gasteiger partial charge on any atom is -0.494 e. The number of rotatable bonds is 8. The van der Waals surface area contributed by atoms with E-state index >= 15 is 0 Å². The molecular weight excluding hydrogens is 222 g/mol. The largest absolute Gasteiger partial charge is 0.494 e. The summed E-state index contributed by atoms with van der Waals surface area (Å²) >= 11 is 0. The Morgan fingerprint density at radius 1 is 1.11 bits per heavy atom. The molecule has 0 aromatic heterocycles. The second-order valence-electron chi connectivity index (χ2n) is 4.98. The Bertz CT molecular complexity index is 329. The van der Waals surface area contributed by atoms with E-state index in [1.807, 2.05) is 0 Å². The molecule has 2 nitrogen and oxygen atoms in total. The van der Waals surface area contributed by atoms with Gasteiger partial charge >= 0.3 is 0 Å². The van der Waals surface area contributed by atoms with Gasteiger partial charge in [-0.25, -0.2) is 0 Å². The quantitative estimate of drug-likeness (QED) is 0.707. The topological polar surface area (TPSA) is 21.3 Å². The predicted molar refractivity (Wildman–Crippen MR) is 78.4 cm³/mol. The van der Waals surface area contributed by atoms with Crippen LogP contribution in [0.2, 0.25) is 0 Å². The highest BCUT2D eigenvalue weighted by Gasteiger charge is 2.04. The molecule has 0 saturated heterocycles. The first-order valence-electron chi connectivity index (χ1n) is 7.10. The molecule has 0 radical (unpaired) electrons. The van der Waals surface area contributed by atoms with Gasteiger partial charge in [-0.2, -0.15) is 0 Å². The van der Waals surface area contributed by atoms with Gasteiger partial charge in [0.05, 0.1) is 6.61 Å². The lowest BCUT2D eigenvalue weighted by Crippen LogP contribution is -2.28. The third-order valence-electron chi connectivity index (χ3n) is 3.15. The summed E-state index contributed by atoms with van der Waals surface area (Å²) in [6.07, 6.45) is 3.49. The maximum absolute atomic E-state index is 5.81. The highest BCUT2D eigenvalue weighted by atomic mass is 16.5. The van der Waals surface area contributed by atoms with Crippen LogP contribution >= 0.6 is 0 Å². The van der Waals surface area contributed by atoms with Crippen LogP contribution in [0.5, 0.6) is 5.75 Å². The molecule has 0 saturated carbocycles. The van der Waals surface area contributed by atoms with E-state index in [1.54, 1.807) is 0 Å². The zero-order valence-corrected chi connectivity index (χ0v) is 12.3. The summed E-state index contributed by atoms with van der Waals surface area (Å²) in [7, 11) is 0. The van der Waals surface area contributed by atoms with E-state index in [-0.39, 0.29) is 0 Å². The molecule has 2 heteroatoms. The van der Waals surface area contributed by atoms with Crippen LogP contribution in [-0.2, 0) is 0 Å². The molecule has 0 heterocycles. The van der Waals surface area contributed by atoms with Crippen molar-refractivity contribution in [3.05, 3.63) is 29.3 Å². The highest BCUT2D eigenvalue weighted by molar-refractivity contribution is 5.32. The van der Waals surface area contributed by atoms with Crippen LogP contribution in [0.3, 0.4) is 0 Å². The van der Waals surface area contributed by atoms with Crippen molar-refractivity contribution in [2.24, 2.45) is 0 Å². The van der Waals surface area contributed by atoms with Crippen molar-refractivity contribution in [1.29, 1.82) is 0 Å². The summed E-state index contributed by atoms with van der Waals surface area (Å²) in [4.78, 5) is 0. The molecule has 0 fully saturated rings. The summed E-state index contributed by atoms with van der Waals surface area (Å²) in [5.41, 5.74) is 2.54. The average molecular weight is 249 g/mol. The third kappa shape index (κ3) is 5.54. The van der Waals surface area contributed by atoms with Crippen molar-refractivity contribution in [3.63, 3.8) is 0 Å². The lowest BCUT2D eigenvalue weighted by Gasteiger charge is -2.15.